The zero-order chi connectivity index (χ0) is 13.4. The molecule has 1 aliphatic rings. The largest absolute Gasteiger partial charge is 0.495 e. The van der Waals surface area contributed by atoms with Gasteiger partial charge in [0.2, 0.25) is 5.88 Å². The second-order valence-corrected chi connectivity index (χ2v) is 4.35. The van der Waals surface area contributed by atoms with Crippen LogP contribution in [0.3, 0.4) is 0 Å². The first-order valence-electron chi connectivity index (χ1n) is 5.49. The van der Waals surface area contributed by atoms with Crippen LogP contribution in [0.25, 0.3) is 11.6 Å². The van der Waals surface area contributed by atoms with E-state index in [1.807, 2.05) is 6.07 Å². The summed E-state index contributed by atoms with van der Waals surface area (Å²) >= 11 is 4.91. The van der Waals surface area contributed by atoms with Crippen molar-refractivity contribution in [1.29, 1.82) is 0 Å². The molecule has 0 aromatic carbocycles. The second kappa shape index (κ2) is 4.36. The number of aromatic nitrogens is 3. The maximum atomic E-state index is 9.66. The van der Waals surface area contributed by atoms with Crippen LogP contribution < -0.4 is 4.74 Å². The highest BCUT2D eigenvalue weighted by Gasteiger charge is 2.15. The number of ether oxygens (including phenoxy) is 1. The van der Waals surface area contributed by atoms with E-state index in [1.54, 1.807) is 25.6 Å². The Balaban J connectivity index is 2.08. The number of pyridine rings is 1. The van der Waals surface area contributed by atoms with Gasteiger partial charge < -0.3 is 19.8 Å². The molecule has 19 heavy (non-hydrogen) atoms. The molecule has 0 amide bonds. The topological polar surface area (TPSA) is 86.3 Å². The first kappa shape index (κ1) is 11.7. The van der Waals surface area contributed by atoms with Crippen LogP contribution in [0.5, 0.6) is 11.6 Å². The minimum absolute atomic E-state index is 0.00444. The molecule has 3 heterocycles. The van der Waals surface area contributed by atoms with Crippen LogP contribution >= 0.6 is 12.2 Å². The molecule has 0 unspecified atom stereocenters. The Morgan fingerprint density at radius 2 is 2.26 bits per heavy atom. The maximum Gasteiger partial charge on any atom is 0.215 e. The molecule has 7 heteroatoms. The lowest BCUT2D eigenvalue weighted by Gasteiger charge is -2.02. The number of rotatable bonds is 2. The molecule has 3 N–H and O–H groups in total. The van der Waals surface area contributed by atoms with E-state index >= 15 is 0 Å². The smallest absolute Gasteiger partial charge is 0.215 e. The third-order valence-electron chi connectivity index (χ3n) is 2.75. The van der Waals surface area contributed by atoms with E-state index in [2.05, 4.69) is 19.9 Å². The van der Waals surface area contributed by atoms with Crippen LogP contribution in [0.2, 0.25) is 0 Å². The molecular weight excluding hydrogens is 264 g/mol. The van der Waals surface area contributed by atoms with Crippen molar-refractivity contribution in [2.75, 3.05) is 7.11 Å². The third-order valence-corrected chi connectivity index (χ3v) is 2.95. The molecule has 0 radical (unpaired) electrons. The first-order valence-corrected chi connectivity index (χ1v) is 5.89. The summed E-state index contributed by atoms with van der Waals surface area (Å²) in [5.41, 5.74) is 2.17. The summed E-state index contributed by atoms with van der Waals surface area (Å²) in [5, 5.41) is 9.66. The summed E-state index contributed by atoms with van der Waals surface area (Å²) in [5.74, 6) is 1.28. The average molecular weight is 274 g/mol. The Morgan fingerprint density at radius 3 is 2.95 bits per heavy atom. The normalized spacial score (nSPS) is 14.9. The molecule has 0 spiro atoms. The fourth-order valence-electron chi connectivity index (χ4n) is 1.83. The Hall–Kier alpha value is -2.41. The van der Waals surface area contributed by atoms with E-state index in [4.69, 9.17) is 17.0 Å². The number of methoxy groups -OCH3 is 1. The van der Waals surface area contributed by atoms with Crippen LogP contribution in [-0.2, 0) is 0 Å². The van der Waals surface area contributed by atoms with E-state index in [0.717, 1.165) is 11.1 Å². The molecule has 96 valence electrons. The van der Waals surface area contributed by atoms with Crippen molar-refractivity contribution in [2.24, 2.45) is 4.99 Å². The zero-order valence-electron chi connectivity index (χ0n) is 9.97. The van der Waals surface area contributed by atoms with E-state index in [9.17, 15) is 5.11 Å². The highest BCUT2D eigenvalue weighted by atomic mass is 32.1. The highest BCUT2D eigenvalue weighted by molar-refractivity contribution is 7.71. The van der Waals surface area contributed by atoms with E-state index in [0.29, 0.717) is 22.0 Å². The van der Waals surface area contributed by atoms with Gasteiger partial charge in [-0.25, -0.2) is 9.98 Å². The minimum Gasteiger partial charge on any atom is -0.495 e. The van der Waals surface area contributed by atoms with Gasteiger partial charge in [0.15, 0.2) is 10.6 Å². The number of nitrogens with zero attached hydrogens (tertiary/aromatic N) is 2. The van der Waals surface area contributed by atoms with Gasteiger partial charge in [0.05, 0.1) is 13.3 Å². The quantitative estimate of drug-likeness (QED) is 0.734. The van der Waals surface area contributed by atoms with Gasteiger partial charge in [0.25, 0.3) is 0 Å². The fourth-order valence-corrected chi connectivity index (χ4v) is 2.03. The fraction of sp³-hybridized carbons (Fsp3) is 0.0833. The van der Waals surface area contributed by atoms with Gasteiger partial charge in [0, 0.05) is 17.4 Å². The molecular formula is C12H10N4O2S. The van der Waals surface area contributed by atoms with Crippen molar-refractivity contribution in [3.63, 3.8) is 0 Å². The standard InChI is InChI=1S/C12H10N4O2S/c1-18-7-3-8-6(4-13-10(8)14-5-7)2-9-11(17)16-12(19)15-9/h2-5,17H,1H3,(H2,15,16,19)/b6-2+. The number of fused-ring (bicyclic) bond motifs is 1. The molecule has 2 aromatic heterocycles. The van der Waals surface area contributed by atoms with Crippen molar-refractivity contribution < 1.29 is 9.84 Å². The second-order valence-electron chi connectivity index (χ2n) is 3.95. The number of hydrogen-bond donors (Lipinski definition) is 3. The predicted octanol–water partition coefficient (Wildman–Crippen LogP) is 2.44. The molecule has 0 fully saturated rings. The Kier molecular flexibility index (Phi) is 2.68. The number of imidazole rings is 1. The molecule has 1 aliphatic heterocycles. The minimum atomic E-state index is -0.00444. The average Bonchev–Trinajstić information content (AvgIpc) is 2.93. The van der Waals surface area contributed by atoms with Gasteiger partial charge in [-0.05, 0) is 24.4 Å². The van der Waals surface area contributed by atoms with Gasteiger partial charge >= 0.3 is 0 Å². The predicted molar refractivity (Wildman–Crippen MR) is 74.5 cm³/mol. The number of allylic oxidation sites excluding steroid dienone is 1. The van der Waals surface area contributed by atoms with Crippen molar-refractivity contribution in [3.8, 4) is 11.6 Å². The SMILES string of the molecule is COc1cnc2c(c1)/C(=C/c1[nH]c(=S)[nH]c1O)C=N2. The van der Waals surface area contributed by atoms with Crippen LogP contribution in [0, 0.1) is 4.77 Å². The molecule has 0 bridgehead atoms. The number of aliphatic imine (C=N–C) groups is 1. The highest BCUT2D eigenvalue weighted by Crippen LogP contribution is 2.33. The lowest BCUT2D eigenvalue weighted by Crippen LogP contribution is -1.88. The number of aromatic hydroxyl groups is 1. The Labute approximate surface area is 113 Å². The van der Waals surface area contributed by atoms with Gasteiger partial charge in [0.1, 0.15) is 11.4 Å². The molecule has 2 aromatic rings. The van der Waals surface area contributed by atoms with Crippen LogP contribution in [-0.4, -0.2) is 33.4 Å². The Morgan fingerprint density at radius 1 is 1.42 bits per heavy atom. The van der Waals surface area contributed by atoms with E-state index in [-0.39, 0.29) is 5.88 Å². The number of aromatic amines is 2. The van der Waals surface area contributed by atoms with Crippen molar-refractivity contribution in [3.05, 3.63) is 28.3 Å². The van der Waals surface area contributed by atoms with Gasteiger partial charge in [-0.3, -0.25) is 0 Å². The number of H-pyrrole nitrogens is 2. The third kappa shape index (κ3) is 2.04. The van der Waals surface area contributed by atoms with Crippen LogP contribution in [0.15, 0.2) is 17.3 Å². The first-order chi connectivity index (χ1) is 9.17. The molecule has 6 nitrogen and oxygen atoms in total. The van der Waals surface area contributed by atoms with Gasteiger partial charge in [-0.15, -0.1) is 0 Å². The summed E-state index contributed by atoms with van der Waals surface area (Å²) < 4.78 is 5.50. The Bertz CT molecular complexity index is 757. The van der Waals surface area contributed by atoms with E-state index in [1.165, 1.54) is 0 Å². The lowest BCUT2D eigenvalue weighted by atomic mass is 10.1. The van der Waals surface area contributed by atoms with Crippen LogP contribution in [0.4, 0.5) is 5.82 Å². The van der Waals surface area contributed by atoms with Crippen LogP contribution in [0.1, 0.15) is 11.3 Å². The summed E-state index contributed by atoms with van der Waals surface area (Å²) in [6.45, 7) is 0. The van der Waals surface area contributed by atoms with Gasteiger partial charge in [-0.1, -0.05) is 0 Å². The van der Waals surface area contributed by atoms with E-state index < -0.39 is 0 Å². The monoisotopic (exact) mass is 274 g/mol. The summed E-state index contributed by atoms with van der Waals surface area (Å²) in [4.78, 5) is 13.8. The molecule has 0 saturated carbocycles. The van der Waals surface area contributed by atoms with Gasteiger partial charge in [-0.2, -0.15) is 0 Å². The van der Waals surface area contributed by atoms with Crippen molar-refractivity contribution in [1.82, 2.24) is 15.0 Å². The summed E-state index contributed by atoms with van der Waals surface area (Å²) in [6.07, 6.45) is 5.04. The van der Waals surface area contributed by atoms with Crippen molar-refractivity contribution in [2.45, 2.75) is 0 Å². The molecule has 3 rings (SSSR count). The molecule has 0 saturated heterocycles. The van der Waals surface area contributed by atoms with Crippen molar-refractivity contribution >= 4 is 35.9 Å². The molecule has 0 atom stereocenters. The summed E-state index contributed by atoms with van der Waals surface area (Å²) in [7, 11) is 1.58. The molecule has 0 aliphatic carbocycles. The number of hydrogen-bond acceptors (Lipinski definition) is 5. The zero-order valence-corrected chi connectivity index (χ0v) is 10.8. The summed E-state index contributed by atoms with van der Waals surface area (Å²) in [6, 6.07) is 1.85. The number of nitrogens with one attached hydrogen (secondary N) is 2. The maximum absolute atomic E-state index is 9.66. The lowest BCUT2D eigenvalue weighted by molar-refractivity contribution is 0.413.